The van der Waals surface area contributed by atoms with Crippen LogP contribution in [0.25, 0.3) is 0 Å². The number of benzene rings is 2. The van der Waals surface area contributed by atoms with E-state index in [9.17, 15) is 0 Å². The molecule has 1 aliphatic rings. The van der Waals surface area contributed by atoms with Crippen LogP contribution in [0.5, 0.6) is 0 Å². The van der Waals surface area contributed by atoms with E-state index in [1.807, 2.05) is 12.1 Å². The van der Waals surface area contributed by atoms with Crippen molar-refractivity contribution < 1.29 is 0 Å². The lowest BCUT2D eigenvalue weighted by atomic mass is 9.94. The molecule has 1 heterocycles. The minimum absolute atomic E-state index is 0.370. The van der Waals surface area contributed by atoms with Crippen LogP contribution in [0.3, 0.4) is 0 Å². The van der Waals surface area contributed by atoms with Crippen LogP contribution in [0.4, 0.5) is 5.69 Å². The first kappa shape index (κ1) is 13.7. The molecule has 0 radical (unpaired) electrons. The van der Waals surface area contributed by atoms with Crippen LogP contribution < -0.4 is 0 Å². The number of aryl methyl sites for hydroxylation is 1. The third-order valence-electron chi connectivity index (χ3n) is 3.70. The van der Waals surface area contributed by atoms with E-state index in [-0.39, 0.29) is 0 Å². The molecule has 0 saturated heterocycles. The highest BCUT2D eigenvalue weighted by Gasteiger charge is 2.21. The molecular weight excluding hydrogens is 286 g/mol. The zero-order chi connectivity index (χ0) is 13.9. The van der Waals surface area contributed by atoms with E-state index in [1.165, 1.54) is 16.2 Å². The number of thioether (sulfide) groups is 1. The number of hydrogen-bond donors (Lipinski definition) is 0. The maximum atomic E-state index is 5.99. The highest BCUT2D eigenvalue weighted by atomic mass is 35.5. The second kappa shape index (κ2) is 6.02. The molecule has 102 valence electrons. The number of halogens is 1. The predicted molar refractivity (Wildman–Crippen MR) is 89.6 cm³/mol. The summed E-state index contributed by atoms with van der Waals surface area (Å²) < 4.78 is 0. The van der Waals surface area contributed by atoms with Gasteiger partial charge in [0, 0.05) is 10.9 Å². The van der Waals surface area contributed by atoms with Gasteiger partial charge in [-0.25, -0.2) is 4.99 Å². The molecular formula is C17H16ClNS. The summed E-state index contributed by atoms with van der Waals surface area (Å²) in [5, 5.41) is 1.98. The molecule has 0 N–H and O–H groups in total. The largest absolute Gasteiger partial charge is 0.246 e. The van der Waals surface area contributed by atoms with Gasteiger partial charge < -0.3 is 0 Å². The summed E-state index contributed by atoms with van der Waals surface area (Å²) in [6, 6.07) is 16.6. The van der Waals surface area contributed by atoms with Crippen LogP contribution in [-0.2, 0) is 6.42 Å². The molecule has 0 amide bonds. The van der Waals surface area contributed by atoms with Crippen molar-refractivity contribution in [2.24, 2.45) is 4.99 Å². The van der Waals surface area contributed by atoms with Gasteiger partial charge in [-0.1, -0.05) is 41.9 Å². The Morgan fingerprint density at radius 1 is 1.10 bits per heavy atom. The first-order valence-electron chi connectivity index (χ1n) is 6.74. The average Bonchev–Trinajstić information content (AvgIpc) is 2.67. The lowest BCUT2D eigenvalue weighted by Crippen LogP contribution is -2.08. The van der Waals surface area contributed by atoms with Gasteiger partial charge in [0.15, 0.2) is 0 Å². The van der Waals surface area contributed by atoms with Gasteiger partial charge >= 0.3 is 0 Å². The van der Waals surface area contributed by atoms with Crippen molar-refractivity contribution in [3.8, 4) is 0 Å². The number of rotatable bonds is 1. The van der Waals surface area contributed by atoms with Crippen molar-refractivity contribution in [1.29, 1.82) is 0 Å². The second-order valence-electron chi connectivity index (χ2n) is 4.93. The van der Waals surface area contributed by atoms with E-state index in [2.05, 4.69) is 42.7 Å². The van der Waals surface area contributed by atoms with Gasteiger partial charge in [-0.2, -0.15) is 0 Å². The standard InChI is InChI=1S/C17H16ClNS/c1-20-17-15(12-6-9-14(18)10-7-12)11-8-13-4-2-3-5-16(13)19-17/h2-7,9-10,15H,8,11H2,1H3/t15-/m1/s1. The molecule has 0 aromatic heterocycles. The number of nitrogens with zero attached hydrogens (tertiary/aromatic N) is 1. The smallest absolute Gasteiger partial charge is 0.0811 e. The molecule has 0 unspecified atom stereocenters. The van der Waals surface area contributed by atoms with Gasteiger partial charge in [0.1, 0.15) is 0 Å². The highest BCUT2D eigenvalue weighted by molar-refractivity contribution is 8.13. The van der Waals surface area contributed by atoms with Crippen LogP contribution in [0, 0.1) is 0 Å². The molecule has 3 rings (SSSR count). The van der Waals surface area contributed by atoms with E-state index in [1.54, 1.807) is 11.8 Å². The van der Waals surface area contributed by atoms with E-state index >= 15 is 0 Å². The minimum Gasteiger partial charge on any atom is -0.246 e. The Kier molecular flexibility index (Phi) is 4.13. The summed E-state index contributed by atoms with van der Waals surface area (Å²) in [6.07, 6.45) is 4.27. The summed E-state index contributed by atoms with van der Waals surface area (Å²) in [4.78, 5) is 4.88. The predicted octanol–water partition coefficient (Wildman–Crippen LogP) is 5.46. The van der Waals surface area contributed by atoms with Crippen molar-refractivity contribution in [3.05, 3.63) is 64.7 Å². The first-order chi connectivity index (χ1) is 9.78. The Labute approximate surface area is 129 Å². The molecule has 0 saturated carbocycles. The van der Waals surface area contributed by atoms with Gasteiger partial charge in [0.05, 0.1) is 10.7 Å². The second-order valence-corrected chi connectivity index (χ2v) is 6.19. The third-order valence-corrected chi connectivity index (χ3v) is 4.75. The Morgan fingerprint density at radius 2 is 1.85 bits per heavy atom. The molecule has 2 aromatic carbocycles. The topological polar surface area (TPSA) is 12.4 Å². The van der Waals surface area contributed by atoms with Crippen molar-refractivity contribution in [2.45, 2.75) is 18.8 Å². The lowest BCUT2D eigenvalue weighted by Gasteiger charge is -2.16. The molecule has 0 aliphatic carbocycles. The lowest BCUT2D eigenvalue weighted by molar-refractivity contribution is 0.782. The Bertz CT molecular complexity index is 634. The Hall–Kier alpha value is -1.25. The summed E-state index contributed by atoms with van der Waals surface area (Å²) in [6.45, 7) is 0. The first-order valence-corrected chi connectivity index (χ1v) is 8.34. The molecule has 20 heavy (non-hydrogen) atoms. The van der Waals surface area contributed by atoms with Crippen molar-refractivity contribution >= 4 is 34.1 Å². The number of fused-ring (bicyclic) bond motifs is 1. The van der Waals surface area contributed by atoms with E-state index in [4.69, 9.17) is 16.6 Å². The highest BCUT2D eigenvalue weighted by Crippen LogP contribution is 2.35. The maximum Gasteiger partial charge on any atom is 0.0811 e. The maximum absolute atomic E-state index is 5.99. The average molecular weight is 302 g/mol. The molecule has 0 spiro atoms. The Balaban J connectivity index is 2.00. The zero-order valence-electron chi connectivity index (χ0n) is 11.3. The van der Waals surface area contributed by atoms with Gasteiger partial charge in [-0.05, 0) is 48.4 Å². The van der Waals surface area contributed by atoms with Gasteiger partial charge in [-0.3, -0.25) is 0 Å². The van der Waals surface area contributed by atoms with E-state index in [0.29, 0.717) is 5.92 Å². The third kappa shape index (κ3) is 2.77. The molecule has 0 bridgehead atoms. The van der Waals surface area contributed by atoms with Gasteiger partial charge in [0.25, 0.3) is 0 Å². The molecule has 1 nitrogen and oxygen atoms in total. The number of para-hydroxylation sites is 1. The van der Waals surface area contributed by atoms with Crippen molar-refractivity contribution in [3.63, 3.8) is 0 Å². The van der Waals surface area contributed by atoms with Crippen molar-refractivity contribution in [2.75, 3.05) is 6.26 Å². The number of aliphatic imine (C=N–C) groups is 1. The minimum atomic E-state index is 0.370. The quantitative estimate of drug-likeness (QED) is 0.681. The SMILES string of the molecule is CSC1=Nc2ccccc2CC[C@@H]1c1ccc(Cl)cc1. The van der Waals surface area contributed by atoms with Crippen molar-refractivity contribution in [1.82, 2.24) is 0 Å². The summed E-state index contributed by atoms with van der Waals surface area (Å²) in [7, 11) is 0. The fourth-order valence-corrected chi connectivity index (χ4v) is 3.50. The fraction of sp³-hybridized carbons (Fsp3) is 0.235. The molecule has 2 aromatic rings. The normalized spacial score (nSPS) is 18.1. The van der Waals surface area contributed by atoms with Gasteiger partial charge in [0.2, 0.25) is 0 Å². The molecule has 1 aliphatic heterocycles. The fourth-order valence-electron chi connectivity index (χ4n) is 2.64. The molecule has 0 fully saturated rings. The van der Waals surface area contributed by atoms with Crippen LogP contribution in [0.15, 0.2) is 53.5 Å². The van der Waals surface area contributed by atoms with Gasteiger partial charge in [-0.15, -0.1) is 11.8 Å². The summed E-state index contributed by atoms with van der Waals surface area (Å²) >= 11 is 7.74. The molecule has 1 atom stereocenters. The monoisotopic (exact) mass is 301 g/mol. The van der Waals surface area contributed by atoms with Crippen LogP contribution in [0.2, 0.25) is 5.02 Å². The summed E-state index contributed by atoms with van der Waals surface area (Å²) in [5.41, 5.74) is 3.76. The van der Waals surface area contributed by atoms with Crippen LogP contribution >= 0.6 is 23.4 Å². The van der Waals surface area contributed by atoms with E-state index < -0.39 is 0 Å². The van der Waals surface area contributed by atoms with Crippen LogP contribution in [-0.4, -0.2) is 11.3 Å². The summed E-state index contributed by atoms with van der Waals surface area (Å²) in [5.74, 6) is 0.370. The zero-order valence-corrected chi connectivity index (χ0v) is 12.9. The van der Waals surface area contributed by atoms with E-state index in [0.717, 1.165) is 23.6 Å². The Morgan fingerprint density at radius 3 is 2.60 bits per heavy atom. The number of hydrogen-bond acceptors (Lipinski definition) is 2. The molecule has 3 heteroatoms. The van der Waals surface area contributed by atoms with Crippen LogP contribution in [0.1, 0.15) is 23.5 Å².